The molecule has 217 valence electrons. The van der Waals surface area contributed by atoms with Crippen molar-refractivity contribution in [1.29, 1.82) is 0 Å². The zero-order chi connectivity index (χ0) is 30.4. The molecule has 0 saturated heterocycles. The van der Waals surface area contributed by atoms with Crippen LogP contribution >= 0.6 is 0 Å². The second kappa shape index (κ2) is 15.0. The fourth-order valence-corrected chi connectivity index (χ4v) is 6.08. The van der Waals surface area contributed by atoms with Gasteiger partial charge in [-0.3, -0.25) is 11.3 Å². The van der Waals surface area contributed by atoms with Crippen molar-refractivity contribution < 1.29 is 37.5 Å². The van der Waals surface area contributed by atoms with Gasteiger partial charge in [0.2, 0.25) is 0 Å². The molecule has 3 nitrogen and oxygen atoms in total. The Morgan fingerprint density at radius 2 is 1.24 bits per heavy atom. The summed E-state index contributed by atoms with van der Waals surface area (Å²) in [7, 11) is 2.18. The van der Waals surface area contributed by atoms with Crippen molar-refractivity contribution in [2.75, 3.05) is 11.9 Å². The molecule has 0 amide bonds. The Labute approximate surface area is 278 Å². The van der Waals surface area contributed by atoms with Crippen LogP contribution in [0.15, 0.2) is 102 Å². The van der Waals surface area contributed by atoms with Gasteiger partial charge in [-0.2, -0.15) is 6.92 Å². The van der Waals surface area contributed by atoms with E-state index in [1.54, 1.807) is 0 Å². The minimum atomic E-state index is -0.137. The van der Waals surface area contributed by atoms with Gasteiger partial charge in [-0.15, -0.1) is 0 Å². The minimum Gasteiger partial charge on any atom is -0.542 e. The molecule has 0 spiro atoms. The molecular weight excluding hydrogens is 589 g/mol. The number of likely N-dealkylation sites (N-methyl/N-ethyl adjacent to an activating group) is 1. The standard InChI is InChI=1S/C32H30N2.C2H3O.2C2H6.Y/c1-31(2)27(33-25-19-17-21-11-6-8-13-23(21)29(25)31)15-10-16-28-32(3,4)30-24-14-9-7-12-22(24)18-20-26(30)34(28)5;1-2-3;2*1-2;/h6-20H,1-5H3;1H3;2*1-2H3;/q;-1;;;/b15-10+,28-16+;;;;. The van der Waals surface area contributed by atoms with Crippen LogP contribution in [0.3, 0.4) is 0 Å². The second-order valence-corrected chi connectivity index (χ2v) is 10.8. The number of aliphatic imine (C=N–C) groups is 1. The molecule has 0 saturated carbocycles. The molecule has 1 radical (unpaired) electrons. The summed E-state index contributed by atoms with van der Waals surface area (Å²) in [6.07, 6.45) is 8.16. The van der Waals surface area contributed by atoms with E-state index < -0.39 is 0 Å². The molecule has 42 heavy (non-hydrogen) atoms. The molecule has 2 aliphatic heterocycles. The molecule has 2 aliphatic rings. The fraction of sp³-hybridized carbons (Fsp3) is 0.316. The molecule has 0 unspecified atom stereocenters. The third kappa shape index (κ3) is 6.38. The number of allylic oxidation sites excluding steroid dienone is 4. The van der Waals surface area contributed by atoms with Crippen molar-refractivity contribution in [3.8, 4) is 0 Å². The van der Waals surface area contributed by atoms with Crippen LogP contribution in [0.2, 0.25) is 0 Å². The van der Waals surface area contributed by atoms with Gasteiger partial charge in [0.05, 0.1) is 11.4 Å². The predicted octanol–water partition coefficient (Wildman–Crippen LogP) is 10.4. The van der Waals surface area contributed by atoms with E-state index in [2.05, 4.69) is 131 Å². The van der Waals surface area contributed by atoms with E-state index in [9.17, 15) is 0 Å². The average molecular weight is 635 g/mol. The van der Waals surface area contributed by atoms with Gasteiger partial charge < -0.3 is 9.69 Å². The number of hydrogen-bond acceptors (Lipinski definition) is 3. The van der Waals surface area contributed by atoms with Crippen molar-refractivity contribution in [3.05, 3.63) is 108 Å². The maximum atomic E-state index is 8.68. The zero-order valence-corrected chi connectivity index (χ0v) is 29.9. The number of nitrogens with zero attached hydrogens (tertiary/aromatic N) is 2. The number of carbonyl (C=O) groups excluding carboxylic acids is 1. The molecule has 4 heteroatoms. The van der Waals surface area contributed by atoms with Crippen molar-refractivity contribution in [1.82, 2.24) is 0 Å². The van der Waals surface area contributed by atoms with Crippen LogP contribution in [-0.2, 0) is 48.3 Å². The maximum Gasteiger partial charge on any atom is 0.0681 e. The molecule has 0 fully saturated rings. The Kier molecular flexibility index (Phi) is 12.6. The SMILES string of the molecule is CC.CC.CN1/C(=C/C=C/C2=Nc3ccc4ccccc4c3C2(C)C)C(C)(C)c2c1ccc1ccccc21.C[C-]=O.[Y]. The van der Waals surface area contributed by atoms with Crippen molar-refractivity contribution in [2.24, 2.45) is 4.99 Å². The first-order valence-corrected chi connectivity index (χ1v) is 14.8. The monoisotopic (exact) mass is 634 g/mol. The van der Waals surface area contributed by atoms with E-state index in [4.69, 9.17) is 9.79 Å². The summed E-state index contributed by atoms with van der Waals surface area (Å²) in [6, 6.07) is 26.2. The Hall–Kier alpha value is -2.88. The molecule has 0 aromatic heterocycles. The third-order valence-electron chi connectivity index (χ3n) is 7.82. The van der Waals surface area contributed by atoms with Crippen LogP contribution < -0.4 is 4.90 Å². The molecule has 6 rings (SSSR count). The van der Waals surface area contributed by atoms with E-state index in [-0.39, 0.29) is 43.5 Å². The first kappa shape index (κ1) is 35.3. The first-order chi connectivity index (χ1) is 19.7. The van der Waals surface area contributed by atoms with Crippen molar-refractivity contribution >= 4 is 44.9 Å². The Bertz CT molecular complexity index is 1630. The van der Waals surface area contributed by atoms with Crippen molar-refractivity contribution in [2.45, 2.75) is 73.1 Å². The van der Waals surface area contributed by atoms with Gasteiger partial charge in [0.25, 0.3) is 0 Å². The maximum absolute atomic E-state index is 8.68. The Balaban J connectivity index is 0.000000713. The number of fused-ring (bicyclic) bond motifs is 6. The van der Waals surface area contributed by atoms with Gasteiger partial charge in [0.15, 0.2) is 0 Å². The van der Waals surface area contributed by atoms with E-state index in [0.29, 0.717) is 0 Å². The summed E-state index contributed by atoms with van der Waals surface area (Å²) in [4.78, 5) is 16.1. The molecule has 0 aliphatic carbocycles. The average Bonchev–Trinajstić information content (AvgIpc) is 3.36. The topological polar surface area (TPSA) is 32.7 Å². The fourth-order valence-electron chi connectivity index (χ4n) is 6.08. The second-order valence-electron chi connectivity index (χ2n) is 10.8. The molecule has 4 aromatic rings. The summed E-state index contributed by atoms with van der Waals surface area (Å²) in [5.74, 6) is 0. The Morgan fingerprint density at radius 1 is 0.738 bits per heavy atom. The van der Waals surface area contributed by atoms with Crippen LogP contribution in [0.1, 0.15) is 73.4 Å². The minimum absolute atomic E-state index is 0. The largest absolute Gasteiger partial charge is 0.542 e. The van der Waals surface area contributed by atoms with Gasteiger partial charge in [0.1, 0.15) is 0 Å². The predicted molar refractivity (Wildman–Crippen MR) is 181 cm³/mol. The summed E-state index contributed by atoms with van der Waals surface area (Å²) < 4.78 is 0. The number of anilines is 1. The van der Waals surface area contributed by atoms with Crippen LogP contribution in [0.25, 0.3) is 21.5 Å². The van der Waals surface area contributed by atoms with Crippen molar-refractivity contribution in [3.63, 3.8) is 0 Å². The van der Waals surface area contributed by atoms with Crippen LogP contribution in [0.5, 0.6) is 0 Å². The van der Waals surface area contributed by atoms with Gasteiger partial charge in [-0.25, -0.2) is 0 Å². The number of benzene rings is 4. The summed E-state index contributed by atoms with van der Waals surface area (Å²) in [6.45, 7) is 18.6. The molecule has 2 heterocycles. The summed E-state index contributed by atoms with van der Waals surface area (Å²) in [5, 5.41) is 5.21. The number of hydrogen-bond donors (Lipinski definition) is 0. The molecule has 0 atom stereocenters. The van der Waals surface area contributed by atoms with Crippen LogP contribution in [-0.4, -0.2) is 19.0 Å². The molecule has 0 N–H and O–H groups in total. The van der Waals surface area contributed by atoms with Gasteiger partial charge in [-0.1, -0.05) is 122 Å². The molecule has 4 aromatic carbocycles. The van der Waals surface area contributed by atoms with Crippen LogP contribution in [0, 0.1) is 0 Å². The summed E-state index contributed by atoms with van der Waals surface area (Å²) >= 11 is 0. The van der Waals surface area contributed by atoms with Gasteiger partial charge in [-0.05, 0) is 57.0 Å². The molecule has 0 bridgehead atoms. The van der Waals surface area contributed by atoms with E-state index >= 15 is 0 Å². The molecular formula is C38H45N2OY-. The third-order valence-corrected chi connectivity index (χ3v) is 7.82. The first-order valence-electron chi connectivity index (χ1n) is 14.8. The Morgan fingerprint density at radius 3 is 1.81 bits per heavy atom. The van der Waals surface area contributed by atoms with Crippen LogP contribution in [0.4, 0.5) is 11.4 Å². The quantitative estimate of drug-likeness (QED) is 0.206. The number of rotatable bonds is 2. The zero-order valence-electron chi connectivity index (χ0n) is 27.0. The summed E-state index contributed by atoms with van der Waals surface area (Å²) in [5.41, 5.74) is 7.31. The smallest absolute Gasteiger partial charge is 0.0681 e. The van der Waals surface area contributed by atoms with Gasteiger partial charge >= 0.3 is 0 Å². The van der Waals surface area contributed by atoms with E-state index in [1.807, 2.05) is 27.7 Å². The normalized spacial score (nSPS) is 16.2. The van der Waals surface area contributed by atoms with Gasteiger partial charge in [0, 0.05) is 62.0 Å². The van der Waals surface area contributed by atoms with E-state index in [1.165, 1.54) is 57.3 Å². The van der Waals surface area contributed by atoms with E-state index in [0.717, 1.165) is 11.4 Å².